The lowest BCUT2D eigenvalue weighted by molar-refractivity contribution is -0.138. The summed E-state index contributed by atoms with van der Waals surface area (Å²) in [5, 5.41) is 8.89. The maximum absolute atomic E-state index is 12.4. The number of carbonyl (C=O) groups is 2. The smallest absolute Gasteiger partial charge is 0.323 e. The topological polar surface area (TPSA) is 60.9 Å². The van der Waals surface area contributed by atoms with Crippen LogP contribution in [0.15, 0.2) is 0 Å². The van der Waals surface area contributed by atoms with Crippen LogP contribution in [0.25, 0.3) is 0 Å². The molecule has 5 nitrogen and oxygen atoms in total. The predicted octanol–water partition coefficient (Wildman–Crippen LogP) is 2.17. The van der Waals surface area contributed by atoms with E-state index in [0.717, 1.165) is 32.2 Å². The summed E-state index contributed by atoms with van der Waals surface area (Å²) >= 11 is 0. The van der Waals surface area contributed by atoms with Crippen molar-refractivity contribution in [2.75, 3.05) is 13.1 Å². The van der Waals surface area contributed by atoms with Gasteiger partial charge in [-0.05, 0) is 39.5 Å². The third-order valence-corrected chi connectivity index (χ3v) is 3.52. The normalized spacial score (nSPS) is 20.0. The van der Waals surface area contributed by atoms with Crippen LogP contribution in [0.1, 0.15) is 46.5 Å². The Balaban J connectivity index is 2.77. The highest BCUT2D eigenvalue weighted by Gasteiger charge is 2.30. The van der Waals surface area contributed by atoms with Crippen molar-refractivity contribution in [3.63, 3.8) is 0 Å². The minimum Gasteiger partial charge on any atom is -0.480 e. The van der Waals surface area contributed by atoms with Crippen molar-refractivity contribution in [3.05, 3.63) is 0 Å². The number of likely N-dealkylation sites (tertiary alicyclic amines) is 1. The largest absolute Gasteiger partial charge is 0.480 e. The van der Waals surface area contributed by atoms with Gasteiger partial charge in [-0.25, -0.2) is 4.79 Å². The van der Waals surface area contributed by atoms with Crippen molar-refractivity contribution in [1.82, 2.24) is 9.80 Å². The number of hydrogen-bond acceptors (Lipinski definition) is 2. The number of amides is 2. The molecule has 2 amide bonds. The molecule has 0 aliphatic carbocycles. The van der Waals surface area contributed by atoms with E-state index in [9.17, 15) is 9.59 Å². The minimum absolute atomic E-state index is 0.0898. The van der Waals surface area contributed by atoms with Gasteiger partial charge in [-0.3, -0.25) is 4.79 Å². The van der Waals surface area contributed by atoms with Gasteiger partial charge in [0.05, 0.1) is 0 Å². The highest BCUT2D eigenvalue weighted by Crippen LogP contribution is 2.21. The number of carbonyl (C=O) groups excluding carboxylic acids is 1. The molecule has 0 aromatic rings. The van der Waals surface area contributed by atoms with E-state index in [1.54, 1.807) is 0 Å². The standard InChI is InChI=1S/C13H24N2O3/c1-4-11-7-5-6-8-14(11)13(18)15(10(2)3)9-12(16)17/h10-11H,4-9H2,1-3H3,(H,16,17). The molecule has 0 aromatic carbocycles. The molecule has 1 saturated heterocycles. The van der Waals surface area contributed by atoms with Crippen molar-refractivity contribution >= 4 is 12.0 Å². The molecule has 104 valence electrons. The van der Waals surface area contributed by atoms with Crippen LogP contribution in [0.5, 0.6) is 0 Å². The highest BCUT2D eigenvalue weighted by molar-refractivity contribution is 5.80. The quantitative estimate of drug-likeness (QED) is 0.838. The lowest BCUT2D eigenvalue weighted by Gasteiger charge is -2.39. The van der Waals surface area contributed by atoms with Crippen LogP contribution in [0.3, 0.4) is 0 Å². The number of rotatable bonds is 4. The number of piperidine rings is 1. The Bertz CT molecular complexity index is 305. The zero-order chi connectivity index (χ0) is 13.7. The molecule has 18 heavy (non-hydrogen) atoms. The van der Waals surface area contributed by atoms with Crippen molar-refractivity contribution < 1.29 is 14.7 Å². The van der Waals surface area contributed by atoms with Crippen LogP contribution < -0.4 is 0 Å². The average Bonchev–Trinajstić information content (AvgIpc) is 2.34. The Labute approximate surface area is 109 Å². The van der Waals surface area contributed by atoms with Gasteiger partial charge in [0.1, 0.15) is 6.54 Å². The summed E-state index contributed by atoms with van der Waals surface area (Å²) in [6, 6.07) is 0.0493. The maximum Gasteiger partial charge on any atom is 0.323 e. The lowest BCUT2D eigenvalue weighted by Crippen LogP contribution is -2.53. The van der Waals surface area contributed by atoms with Gasteiger partial charge in [0.2, 0.25) is 0 Å². The zero-order valence-corrected chi connectivity index (χ0v) is 11.6. The summed E-state index contributed by atoms with van der Waals surface area (Å²) in [5.74, 6) is -0.956. The summed E-state index contributed by atoms with van der Waals surface area (Å²) in [6.45, 7) is 6.31. The van der Waals surface area contributed by atoms with Crippen LogP contribution in [0.2, 0.25) is 0 Å². The molecule has 0 aromatic heterocycles. The highest BCUT2D eigenvalue weighted by atomic mass is 16.4. The summed E-state index contributed by atoms with van der Waals surface area (Å²) in [7, 11) is 0. The molecule has 1 atom stereocenters. The first-order chi connectivity index (χ1) is 8.47. The first kappa shape index (κ1) is 14.8. The van der Waals surface area contributed by atoms with Gasteiger partial charge in [-0.1, -0.05) is 6.92 Å². The summed E-state index contributed by atoms with van der Waals surface area (Å²) in [5.41, 5.74) is 0. The summed E-state index contributed by atoms with van der Waals surface area (Å²) in [6.07, 6.45) is 4.14. The molecule has 5 heteroatoms. The second-order valence-corrected chi connectivity index (χ2v) is 5.15. The predicted molar refractivity (Wildman–Crippen MR) is 69.5 cm³/mol. The van der Waals surface area contributed by atoms with E-state index in [0.29, 0.717) is 0 Å². The molecule has 1 unspecified atom stereocenters. The SMILES string of the molecule is CCC1CCCCN1C(=O)N(CC(=O)O)C(C)C. The number of carboxylic acids is 1. The second kappa shape index (κ2) is 6.61. The molecule has 0 radical (unpaired) electrons. The fourth-order valence-electron chi connectivity index (χ4n) is 2.46. The van der Waals surface area contributed by atoms with Gasteiger partial charge in [0.15, 0.2) is 0 Å². The molecule has 1 aliphatic rings. The monoisotopic (exact) mass is 256 g/mol. The Morgan fingerprint density at radius 1 is 1.39 bits per heavy atom. The Morgan fingerprint density at radius 3 is 2.56 bits per heavy atom. The van der Waals surface area contributed by atoms with E-state index in [2.05, 4.69) is 6.92 Å². The molecule has 1 heterocycles. The fourth-order valence-corrected chi connectivity index (χ4v) is 2.46. The molecule has 0 saturated carbocycles. The Hall–Kier alpha value is -1.26. The van der Waals surface area contributed by atoms with Gasteiger partial charge in [0, 0.05) is 18.6 Å². The number of urea groups is 1. The van der Waals surface area contributed by atoms with Crippen molar-refractivity contribution in [1.29, 1.82) is 0 Å². The van der Waals surface area contributed by atoms with E-state index in [4.69, 9.17) is 5.11 Å². The van der Waals surface area contributed by atoms with E-state index >= 15 is 0 Å². The second-order valence-electron chi connectivity index (χ2n) is 5.15. The maximum atomic E-state index is 12.4. The third kappa shape index (κ3) is 3.62. The van der Waals surface area contributed by atoms with Gasteiger partial charge in [-0.15, -0.1) is 0 Å². The van der Waals surface area contributed by atoms with Crippen LogP contribution in [-0.2, 0) is 4.79 Å². The molecule has 1 aliphatic heterocycles. The van der Waals surface area contributed by atoms with E-state index < -0.39 is 5.97 Å². The number of carboxylic acid groups (broad SMARTS) is 1. The Morgan fingerprint density at radius 2 is 2.06 bits per heavy atom. The van der Waals surface area contributed by atoms with Crippen molar-refractivity contribution in [2.24, 2.45) is 0 Å². The van der Waals surface area contributed by atoms with E-state index in [-0.39, 0.29) is 24.7 Å². The molecular formula is C13H24N2O3. The first-order valence-corrected chi connectivity index (χ1v) is 6.76. The number of hydrogen-bond donors (Lipinski definition) is 1. The molecule has 0 spiro atoms. The average molecular weight is 256 g/mol. The van der Waals surface area contributed by atoms with Gasteiger partial charge < -0.3 is 14.9 Å². The first-order valence-electron chi connectivity index (χ1n) is 6.76. The minimum atomic E-state index is -0.956. The Kier molecular flexibility index (Phi) is 5.44. The van der Waals surface area contributed by atoms with Crippen LogP contribution in [0, 0.1) is 0 Å². The summed E-state index contributed by atoms with van der Waals surface area (Å²) in [4.78, 5) is 26.6. The summed E-state index contributed by atoms with van der Waals surface area (Å²) < 4.78 is 0. The molecule has 1 fully saturated rings. The zero-order valence-electron chi connectivity index (χ0n) is 11.6. The van der Waals surface area contributed by atoms with Crippen LogP contribution in [0.4, 0.5) is 4.79 Å². The van der Waals surface area contributed by atoms with Gasteiger partial charge >= 0.3 is 12.0 Å². The molecule has 0 bridgehead atoms. The molecule has 1 N–H and O–H groups in total. The number of nitrogens with zero attached hydrogens (tertiary/aromatic N) is 2. The van der Waals surface area contributed by atoms with E-state index in [1.807, 2.05) is 18.7 Å². The van der Waals surface area contributed by atoms with Gasteiger partial charge in [0.25, 0.3) is 0 Å². The third-order valence-electron chi connectivity index (χ3n) is 3.52. The van der Waals surface area contributed by atoms with E-state index in [1.165, 1.54) is 4.90 Å². The lowest BCUT2D eigenvalue weighted by atomic mass is 10.0. The molecular weight excluding hydrogens is 232 g/mol. The van der Waals surface area contributed by atoms with Crippen molar-refractivity contribution in [3.8, 4) is 0 Å². The molecule has 1 rings (SSSR count). The fraction of sp³-hybridized carbons (Fsp3) is 0.846. The number of aliphatic carboxylic acids is 1. The van der Waals surface area contributed by atoms with Crippen molar-refractivity contribution in [2.45, 2.75) is 58.5 Å². The van der Waals surface area contributed by atoms with Gasteiger partial charge in [-0.2, -0.15) is 0 Å². The van der Waals surface area contributed by atoms with Crippen LogP contribution in [-0.4, -0.2) is 52.1 Å². The van der Waals surface area contributed by atoms with Crippen LogP contribution >= 0.6 is 0 Å².